The number of aliphatic imine (C=N–C) groups is 1. The van der Waals surface area contributed by atoms with Gasteiger partial charge in [-0.2, -0.15) is 0 Å². The first-order valence-electron chi connectivity index (χ1n) is 4.56. The molecule has 0 fully saturated rings. The zero-order chi connectivity index (χ0) is 9.26. The molecule has 0 amide bonds. The van der Waals surface area contributed by atoms with E-state index in [1.165, 1.54) is 0 Å². The molecule has 0 atom stereocenters. The van der Waals surface area contributed by atoms with Gasteiger partial charge < -0.3 is 0 Å². The molecule has 0 unspecified atom stereocenters. The van der Waals surface area contributed by atoms with Crippen molar-refractivity contribution in [3.05, 3.63) is 35.1 Å². The van der Waals surface area contributed by atoms with Gasteiger partial charge >= 0.3 is 0 Å². The molecule has 0 saturated carbocycles. The van der Waals surface area contributed by atoms with Crippen molar-refractivity contribution in [2.75, 3.05) is 6.54 Å². The highest BCUT2D eigenvalue weighted by Gasteiger charge is 2.09. The molecule has 0 N–H and O–H groups in total. The molecule has 2 rings (SSSR count). The SMILES string of the molecule is Cc1cc(F)cc(C2=NCCC2)c1. The quantitative estimate of drug-likeness (QED) is 0.625. The Balaban J connectivity index is 2.39. The predicted molar refractivity (Wildman–Crippen MR) is 51.8 cm³/mol. The molecule has 1 heterocycles. The van der Waals surface area contributed by atoms with Gasteiger partial charge in [-0.25, -0.2) is 4.39 Å². The fourth-order valence-corrected chi connectivity index (χ4v) is 1.68. The monoisotopic (exact) mass is 177 g/mol. The Bertz CT molecular complexity index is 335. The molecule has 0 saturated heterocycles. The maximum atomic E-state index is 13.0. The third-order valence-electron chi connectivity index (χ3n) is 2.25. The van der Waals surface area contributed by atoms with Gasteiger partial charge in [0.05, 0.1) is 0 Å². The third-order valence-corrected chi connectivity index (χ3v) is 2.25. The summed E-state index contributed by atoms with van der Waals surface area (Å²) in [5, 5.41) is 0. The molecule has 1 aliphatic heterocycles. The van der Waals surface area contributed by atoms with Gasteiger partial charge in [-0.05, 0) is 43.0 Å². The van der Waals surface area contributed by atoms with Crippen LogP contribution in [0.1, 0.15) is 24.0 Å². The minimum Gasteiger partial charge on any atom is -0.289 e. The summed E-state index contributed by atoms with van der Waals surface area (Å²) in [4.78, 5) is 4.34. The van der Waals surface area contributed by atoms with E-state index in [1.807, 2.05) is 13.0 Å². The van der Waals surface area contributed by atoms with E-state index in [9.17, 15) is 4.39 Å². The first-order chi connectivity index (χ1) is 6.25. The van der Waals surface area contributed by atoms with Crippen molar-refractivity contribution in [3.8, 4) is 0 Å². The maximum Gasteiger partial charge on any atom is 0.124 e. The van der Waals surface area contributed by atoms with Crippen LogP contribution in [0.15, 0.2) is 23.2 Å². The highest BCUT2D eigenvalue weighted by atomic mass is 19.1. The molecule has 2 heteroatoms. The lowest BCUT2D eigenvalue weighted by atomic mass is 10.1. The number of aryl methyl sites for hydroxylation is 1. The van der Waals surface area contributed by atoms with Gasteiger partial charge in [-0.15, -0.1) is 0 Å². The lowest BCUT2D eigenvalue weighted by Gasteiger charge is -2.02. The van der Waals surface area contributed by atoms with E-state index < -0.39 is 0 Å². The average Bonchev–Trinajstić information content (AvgIpc) is 2.53. The second kappa shape index (κ2) is 3.29. The van der Waals surface area contributed by atoms with Gasteiger partial charge in [0.15, 0.2) is 0 Å². The van der Waals surface area contributed by atoms with Crippen LogP contribution in [-0.4, -0.2) is 12.3 Å². The number of hydrogen-bond acceptors (Lipinski definition) is 1. The fourth-order valence-electron chi connectivity index (χ4n) is 1.68. The lowest BCUT2D eigenvalue weighted by molar-refractivity contribution is 0.626. The summed E-state index contributed by atoms with van der Waals surface area (Å²) in [6, 6.07) is 5.10. The van der Waals surface area contributed by atoms with E-state index in [1.54, 1.807) is 12.1 Å². The number of rotatable bonds is 1. The Morgan fingerprint density at radius 3 is 2.77 bits per heavy atom. The molecule has 0 bridgehead atoms. The van der Waals surface area contributed by atoms with Crippen molar-refractivity contribution in [2.45, 2.75) is 19.8 Å². The molecule has 1 aliphatic rings. The van der Waals surface area contributed by atoms with Gasteiger partial charge in [0.1, 0.15) is 5.82 Å². The molecule has 1 aromatic rings. The van der Waals surface area contributed by atoms with Crippen LogP contribution >= 0.6 is 0 Å². The van der Waals surface area contributed by atoms with E-state index >= 15 is 0 Å². The van der Waals surface area contributed by atoms with Gasteiger partial charge in [-0.3, -0.25) is 4.99 Å². The van der Waals surface area contributed by atoms with Gasteiger partial charge in [0, 0.05) is 12.3 Å². The highest BCUT2D eigenvalue weighted by molar-refractivity contribution is 6.01. The molecule has 68 valence electrons. The normalized spacial score (nSPS) is 16.0. The number of hydrogen-bond donors (Lipinski definition) is 0. The average molecular weight is 177 g/mol. The van der Waals surface area contributed by atoms with Crippen LogP contribution in [0.2, 0.25) is 0 Å². The summed E-state index contributed by atoms with van der Waals surface area (Å²) >= 11 is 0. The summed E-state index contributed by atoms with van der Waals surface area (Å²) < 4.78 is 13.0. The zero-order valence-electron chi connectivity index (χ0n) is 7.68. The lowest BCUT2D eigenvalue weighted by Crippen LogP contribution is -1.97. The molecule has 0 spiro atoms. The number of nitrogens with zero attached hydrogens (tertiary/aromatic N) is 1. The van der Waals surface area contributed by atoms with E-state index in [4.69, 9.17) is 0 Å². The van der Waals surface area contributed by atoms with Gasteiger partial charge in [0.2, 0.25) is 0 Å². The van der Waals surface area contributed by atoms with Crippen LogP contribution in [0.3, 0.4) is 0 Å². The summed E-state index contributed by atoms with van der Waals surface area (Å²) in [7, 11) is 0. The summed E-state index contributed by atoms with van der Waals surface area (Å²) in [5.74, 6) is -0.162. The summed E-state index contributed by atoms with van der Waals surface area (Å²) in [5.41, 5.74) is 2.97. The van der Waals surface area contributed by atoms with Crippen LogP contribution in [0.25, 0.3) is 0 Å². The minimum atomic E-state index is -0.162. The topological polar surface area (TPSA) is 12.4 Å². The predicted octanol–water partition coefficient (Wildman–Crippen LogP) is 2.72. The molecule has 1 aromatic carbocycles. The highest BCUT2D eigenvalue weighted by Crippen LogP contribution is 2.15. The van der Waals surface area contributed by atoms with Gasteiger partial charge in [-0.1, -0.05) is 6.07 Å². The van der Waals surface area contributed by atoms with Crippen molar-refractivity contribution in [3.63, 3.8) is 0 Å². The first-order valence-corrected chi connectivity index (χ1v) is 4.56. The second-order valence-electron chi connectivity index (χ2n) is 3.45. The standard InChI is InChI=1S/C11H12FN/c1-8-5-9(7-10(12)6-8)11-3-2-4-13-11/h5-7H,2-4H2,1H3. The van der Waals surface area contributed by atoms with E-state index in [0.717, 1.165) is 36.2 Å². The smallest absolute Gasteiger partial charge is 0.124 e. The molecular weight excluding hydrogens is 165 g/mol. The van der Waals surface area contributed by atoms with Crippen LogP contribution in [0.4, 0.5) is 4.39 Å². The summed E-state index contributed by atoms with van der Waals surface area (Å²) in [6.45, 7) is 2.80. The van der Waals surface area contributed by atoms with Gasteiger partial charge in [0.25, 0.3) is 0 Å². The van der Waals surface area contributed by atoms with Crippen molar-refractivity contribution in [1.82, 2.24) is 0 Å². The minimum absolute atomic E-state index is 0.162. The van der Waals surface area contributed by atoms with Crippen LogP contribution in [-0.2, 0) is 0 Å². The van der Waals surface area contributed by atoms with E-state index in [2.05, 4.69) is 4.99 Å². The molecule has 0 radical (unpaired) electrons. The summed E-state index contributed by atoms with van der Waals surface area (Å²) in [6.07, 6.45) is 2.09. The Labute approximate surface area is 77.3 Å². The van der Waals surface area contributed by atoms with Crippen molar-refractivity contribution >= 4 is 5.71 Å². The molecule has 13 heavy (non-hydrogen) atoms. The van der Waals surface area contributed by atoms with Crippen molar-refractivity contribution in [2.24, 2.45) is 4.99 Å². The fraction of sp³-hybridized carbons (Fsp3) is 0.364. The zero-order valence-corrected chi connectivity index (χ0v) is 7.68. The molecular formula is C11H12FN. The molecule has 0 aromatic heterocycles. The van der Waals surface area contributed by atoms with Crippen LogP contribution < -0.4 is 0 Å². The molecule has 0 aliphatic carbocycles. The second-order valence-corrected chi connectivity index (χ2v) is 3.45. The van der Waals surface area contributed by atoms with Crippen LogP contribution in [0, 0.1) is 12.7 Å². The largest absolute Gasteiger partial charge is 0.289 e. The number of benzene rings is 1. The Hall–Kier alpha value is -1.18. The molecule has 1 nitrogen and oxygen atoms in total. The Kier molecular flexibility index (Phi) is 2.13. The van der Waals surface area contributed by atoms with Crippen molar-refractivity contribution in [1.29, 1.82) is 0 Å². The van der Waals surface area contributed by atoms with E-state index in [-0.39, 0.29) is 5.82 Å². The first kappa shape index (κ1) is 8.42. The van der Waals surface area contributed by atoms with Crippen LogP contribution in [0.5, 0.6) is 0 Å². The Morgan fingerprint density at radius 2 is 2.15 bits per heavy atom. The number of halogens is 1. The van der Waals surface area contributed by atoms with E-state index in [0.29, 0.717) is 0 Å². The Morgan fingerprint density at radius 1 is 1.31 bits per heavy atom. The van der Waals surface area contributed by atoms with Crippen molar-refractivity contribution < 1.29 is 4.39 Å². The maximum absolute atomic E-state index is 13.0. The third kappa shape index (κ3) is 1.77.